The van der Waals surface area contributed by atoms with E-state index < -0.39 is 0 Å². The Morgan fingerprint density at radius 2 is 0.559 bits per heavy atom. The maximum Gasteiger partial charge on any atom is 2.00 e. The molecule has 4 saturated carbocycles. The van der Waals surface area contributed by atoms with Gasteiger partial charge in [0, 0.05) is 0 Å². The molecule has 0 N–H and O–H groups in total. The molecule has 0 atom stereocenters. The van der Waals surface area contributed by atoms with E-state index in [0.717, 1.165) is 22.6 Å². The summed E-state index contributed by atoms with van der Waals surface area (Å²) in [5.74, 6) is 0. The number of benzene rings is 4. The van der Waals surface area contributed by atoms with Gasteiger partial charge in [-0.1, -0.05) is 131 Å². The van der Waals surface area contributed by atoms with Crippen LogP contribution < -0.4 is 35.4 Å². The first-order chi connectivity index (χ1) is 31.6. The van der Waals surface area contributed by atoms with Gasteiger partial charge in [-0.15, -0.1) is 162 Å². The van der Waals surface area contributed by atoms with E-state index in [1.54, 1.807) is 10.6 Å². The van der Waals surface area contributed by atoms with Crippen LogP contribution in [0.15, 0.2) is 146 Å². The van der Waals surface area contributed by atoms with Crippen LogP contribution in [-0.2, 0) is 43.4 Å². The Kier molecular flexibility index (Phi) is 24.4. The standard InChI is InChI=1S/2C21H28P.2C10H9.2ClH.2Ti/c2*1-3-11-19(12-4-1)22(20-13-5-2-6-14-20)21-15-17-9-7-8-10-18(17)16-21;2*1-8-6-9-4-2-3-5-10(9)7-8;;;;/h2*7-10,15-16,19-20H,1-6,11-14H2;2*2-7H,1H3;2*1H;;/q4*-1;;;2*+2/p-2. The Hall–Kier alpha value is -1.81. The van der Waals surface area contributed by atoms with Gasteiger partial charge in [0.1, 0.15) is 0 Å². The van der Waals surface area contributed by atoms with Crippen LogP contribution in [0.1, 0.15) is 140 Å². The second-order valence-electron chi connectivity index (χ2n) is 20.0. The molecule has 68 heavy (non-hydrogen) atoms. The van der Waals surface area contributed by atoms with Crippen LogP contribution in [0.5, 0.6) is 0 Å². The van der Waals surface area contributed by atoms with Crippen molar-refractivity contribution in [2.45, 2.75) is 165 Å². The fourth-order valence-corrected chi connectivity index (χ4v) is 19.8. The van der Waals surface area contributed by atoms with Crippen molar-refractivity contribution in [2.24, 2.45) is 0 Å². The van der Waals surface area contributed by atoms with E-state index in [0.29, 0.717) is 0 Å². The first-order valence-corrected chi connectivity index (χ1v) is 28.6. The second-order valence-corrected chi connectivity index (χ2v) is 25.6. The molecule has 0 bridgehead atoms. The second kappa shape index (κ2) is 29.0. The van der Waals surface area contributed by atoms with Gasteiger partial charge in [-0.2, -0.15) is 24.3 Å². The topological polar surface area (TPSA) is 0 Å². The summed E-state index contributed by atoms with van der Waals surface area (Å²) in [6.07, 6.45) is 29.8. The molecule has 0 nitrogen and oxygen atoms in total. The molecule has 0 unspecified atom stereocenters. The van der Waals surface area contributed by atoms with Gasteiger partial charge in [-0.05, 0) is 74.0 Å². The predicted molar refractivity (Wildman–Crippen MR) is 288 cm³/mol. The summed E-state index contributed by atoms with van der Waals surface area (Å²) in [7, 11) is 0.122. The number of halogens is 2. The van der Waals surface area contributed by atoms with E-state index in [1.807, 2.05) is 0 Å². The molecule has 8 aromatic rings. The van der Waals surface area contributed by atoms with E-state index in [1.165, 1.54) is 183 Å². The van der Waals surface area contributed by atoms with Crippen molar-refractivity contribution in [3.05, 3.63) is 157 Å². The van der Waals surface area contributed by atoms with E-state index >= 15 is 0 Å². The summed E-state index contributed by atoms with van der Waals surface area (Å²) >= 11 is 0. The average Bonchev–Trinajstić information content (AvgIpc) is 4.15. The first kappa shape index (κ1) is 57.1. The fraction of sp³-hybridized carbons (Fsp3) is 0.419. The molecule has 0 heterocycles. The summed E-state index contributed by atoms with van der Waals surface area (Å²) in [5, 5.41) is 14.7. The molecule has 4 fully saturated rings. The third-order valence-electron chi connectivity index (χ3n) is 15.2. The quantitative estimate of drug-likeness (QED) is 0.0884. The molecule has 0 saturated heterocycles. The van der Waals surface area contributed by atoms with Crippen molar-refractivity contribution < 1.29 is 68.2 Å². The Morgan fingerprint density at radius 3 is 0.809 bits per heavy atom. The van der Waals surface area contributed by atoms with Gasteiger partial charge in [0.25, 0.3) is 0 Å². The van der Waals surface area contributed by atoms with Gasteiger partial charge >= 0.3 is 43.4 Å². The van der Waals surface area contributed by atoms with E-state index in [9.17, 15) is 0 Å². The summed E-state index contributed by atoms with van der Waals surface area (Å²) in [5.41, 5.74) is 6.77. The van der Waals surface area contributed by atoms with Crippen molar-refractivity contribution in [3.8, 4) is 0 Å². The molecule has 8 aromatic carbocycles. The van der Waals surface area contributed by atoms with Gasteiger partial charge < -0.3 is 24.8 Å². The van der Waals surface area contributed by atoms with Gasteiger partial charge in [-0.3, -0.25) is 0 Å². The molecule has 356 valence electrons. The van der Waals surface area contributed by atoms with Crippen LogP contribution in [0.4, 0.5) is 0 Å². The Morgan fingerprint density at radius 1 is 0.324 bits per heavy atom. The van der Waals surface area contributed by atoms with Crippen LogP contribution in [0.2, 0.25) is 0 Å². The van der Waals surface area contributed by atoms with Gasteiger partial charge in [0.05, 0.1) is 0 Å². The van der Waals surface area contributed by atoms with Crippen LogP contribution in [0.25, 0.3) is 43.1 Å². The first-order valence-electron chi connectivity index (χ1n) is 25.7. The Labute approximate surface area is 455 Å². The van der Waals surface area contributed by atoms with Crippen molar-refractivity contribution in [2.75, 3.05) is 0 Å². The van der Waals surface area contributed by atoms with Gasteiger partial charge in [-0.25, -0.2) is 0 Å². The molecular formula is C62H74Cl2P2Ti2-2. The van der Waals surface area contributed by atoms with E-state index in [4.69, 9.17) is 0 Å². The molecule has 4 aliphatic carbocycles. The molecular weight excluding hydrogens is 973 g/mol. The Balaban J connectivity index is 0.000000176. The van der Waals surface area contributed by atoms with Gasteiger partial charge in [0.15, 0.2) is 0 Å². The summed E-state index contributed by atoms with van der Waals surface area (Å²) < 4.78 is 0. The Bertz CT molecular complexity index is 2270. The minimum atomic E-state index is 0. The zero-order chi connectivity index (χ0) is 43.5. The van der Waals surface area contributed by atoms with Crippen LogP contribution in [-0.4, -0.2) is 22.6 Å². The van der Waals surface area contributed by atoms with E-state index in [-0.39, 0.29) is 84.1 Å². The molecule has 0 spiro atoms. The van der Waals surface area contributed by atoms with Crippen molar-refractivity contribution in [3.63, 3.8) is 0 Å². The summed E-state index contributed by atoms with van der Waals surface area (Å²) in [4.78, 5) is 0. The third-order valence-corrected chi connectivity index (χ3v) is 22.1. The number of aryl methyl sites for hydroxylation is 2. The van der Waals surface area contributed by atoms with E-state index in [2.05, 4.69) is 159 Å². The predicted octanol–water partition coefficient (Wildman–Crippen LogP) is 12.4. The SMILES string of the molecule is Cc1cc2ccccc2[cH-]1.Cc1cc2ccccc2[cH-]1.[Cl-].[Cl-].[Ti+2].[Ti+2].c1ccc2[cH-]c(P(C3CCCCC3)C3CCCCC3)cc2c1.c1ccc2[cH-]c(P(C3CCCCC3)C3CCCCC3)cc2c1. The number of rotatable bonds is 6. The van der Waals surface area contributed by atoms with Crippen molar-refractivity contribution >= 4 is 69.5 Å². The smallest absolute Gasteiger partial charge is 1.00 e. The minimum absolute atomic E-state index is 0. The maximum absolute atomic E-state index is 2.55. The molecule has 12 rings (SSSR count). The zero-order valence-electron chi connectivity index (χ0n) is 41.0. The zero-order valence-corrected chi connectivity index (χ0v) is 47.4. The van der Waals surface area contributed by atoms with Crippen molar-refractivity contribution in [1.29, 1.82) is 0 Å². The number of hydrogen-bond donors (Lipinski definition) is 0. The molecule has 0 aliphatic heterocycles. The normalized spacial score (nSPS) is 17.1. The van der Waals surface area contributed by atoms with Crippen LogP contribution in [0, 0.1) is 13.8 Å². The molecule has 0 radical (unpaired) electrons. The minimum Gasteiger partial charge on any atom is -1.00 e. The maximum atomic E-state index is 2.55. The van der Waals surface area contributed by atoms with Crippen LogP contribution in [0.3, 0.4) is 0 Å². The largest absolute Gasteiger partial charge is 2.00 e. The summed E-state index contributed by atoms with van der Waals surface area (Å²) in [6.45, 7) is 4.25. The molecule has 4 aliphatic rings. The third kappa shape index (κ3) is 15.1. The van der Waals surface area contributed by atoms with Crippen molar-refractivity contribution in [1.82, 2.24) is 0 Å². The average molecular weight is 1050 g/mol. The summed E-state index contributed by atoms with van der Waals surface area (Å²) in [6, 6.07) is 53.8. The monoisotopic (exact) mass is 1050 g/mol. The molecule has 0 aromatic heterocycles. The fourth-order valence-electron chi connectivity index (χ4n) is 12.1. The molecule has 0 amide bonds. The van der Waals surface area contributed by atoms with Gasteiger partial charge in [0.2, 0.25) is 0 Å². The van der Waals surface area contributed by atoms with Crippen LogP contribution >= 0.6 is 15.8 Å². The number of hydrogen-bond acceptors (Lipinski definition) is 0. The number of fused-ring (bicyclic) bond motifs is 4. The molecule has 6 heteroatoms.